The Bertz CT molecular complexity index is 464. The average molecular weight is 278 g/mol. The Hall–Kier alpha value is -1.46. The largest absolute Gasteiger partial charge is 0.390 e. The number of rotatable bonds is 4. The van der Waals surface area contributed by atoms with E-state index < -0.39 is 6.10 Å². The van der Waals surface area contributed by atoms with Crippen molar-refractivity contribution in [1.29, 1.82) is 0 Å². The van der Waals surface area contributed by atoms with Crippen molar-refractivity contribution in [1.82, 2.24) is 10.3 Å². The van der Waals surface area contributed by atoms with Gasteiger partial charge in [-0.3, -0.25) is 9.78 Å². The van der Waals surface area contributed by atoms with Gasteiger partial charge in [-0.1, -0.05) is 6.07 Å². The molecule has 3 atom stereocenters. The summed E-state index contributed by atoms with van der Waals surface area (Å²) in [6, 6.07) is 5.76. The molecule has 0 aromatic carbocycles. The van der Waals surface area contributed by atoms with Crippen LogP contribution in [-0.2, 0) is 16.1 Å². The second kappa shape index (κ2) is 6.81. The van der Waals surface area contributed by atoms with Crippen LogP contribution >= 0.6 is 0 Å². The van der Waals surface area contributed by atoms with Gasteiger partial charge >= 0.3 is 0 Å². The van der Waals surface area contributed by atoms with Crippen LogP contribution in [0, 0.1) is 12.8 Å². The highest BCUT2D eigenvalue weighted by molar-refractivity contribution is 5.78. The number of aromatic nitrogens is 1. The van der Waals surface area contributed by atoms with Crippen LogP contribution in [0.15, 0.2) is 18.2 Å². The van der Waals surface area contributed by atoms with Crippen LogP contribution in [0.4, 0.5) is 0 Å². The van der Waals surface area contributed by atoms with Crippen LogP contribution in [0.2, 0.25) is 0 Å². The molecule has 1 aliphatic carbocycles. The average Bonchev–Trinajstić information content (AvgIpc) is 2.45. The summed E-state index contributed by atoms with van der Waals surface area (Å²) < 4.78 is 5.22. The molecule has 1 aromatic heterocycles. The Morgan fingerprint density at radius 3 is 3.00 bits per heavy atom. The first-order valence-corrected chi connectivity index (χ1v) is 7.01. The second-order valence-electron chi connectivity index (χ2n) is 5.34. The molecule has 0 unspecified atom stereocenters. The Labute approximate surface area is 119 Å². The van der Waals surface area contributed by atoms with E-state index in [2.05, 4.69) is 10.3 Å². The SMILES string of the molecule is CO[C@@H]1C[C@H](C(=O)NCc2cccc(C)n2)CC[C@@H]1O. The monoisotopic (exact) mass is 278 g/mol. The third-order valence-corrected chi connectivity index (χ3v) is 3.82. The number of hydrogen-bond acceptors (Lipinski definition) is 4. The molecule has 5 heteroatoms. The van der Waals surface area contributed by atoms with Gasteiger partial charge in [0.1, 0.15) is 0 Å². The molecule has 0 bridgehead atoms. The smallest absolute Gasteiger partial charge is 0.223 e. The molecule has 1 aliphatic rings. The molecule has 2 rings (SSSR count). The van der Waals surface area contributed by atoms with Gasteiger partial charge in [-0.2, -0.15) is 0 Å². The van der Waals surface area contributed by atoms with Crippen LogP contribution in [0.3, 0.4) is 0 Å². The first-order valence-electron chi connectivity index (χ1n) is 7.01. The summed E-state index contributed by atoms with van der Waals surface area (Å²) >= 11 is 0. The molecular weight excluding hydrogens is 256 g/mol. The van der Waals surface area contributed by atoms with Crippen molar-refractivity contribution in [3.8, 4) is 0 Å². The van der Waals surface area contributed by atoms with Gasteiger partial charge in [0.25, 0.3) is 0 Å². The molecule has 110 valence electrons. The molecule has 1 aromatic rings. The van der Waals surface area contributed by atoms with Gasteiger partial charge in [-0.05, 0) is 38.3 Å². The van der Waals surface area contributed by atoms with Crippen molar-refractivity contribution < 1.29 is 14.6 Å². The van der Waals surface area contributed by atoms with Crippen LogP contribution in [0.25, 0.3) is 0 Å². The predicted octanol–water partition coefficient (Wildman–Crippen LogP) is 1.18. The number of amides is 1. The lowest BCUT2D eigenvalue weighted by Gasteiger charge is -2.31. The van der Waals surface area contributed by atoms with E-state index in [0.29, 0.717) is 25.8 Å². The number of aryl methyl sites for hydroxylation is 1. The molecule has 2 N–H and O–H groups in total. The highest BCUT2D eigenvalue weighted by Gasteiger charge is 2.32. The fourth-order valence-electron chi connectivity index (χ4n) is 2.62. The number of carbonyl (C=O) groups is 1. The molecule has 1 heterocycles. The maximum Gasteiger partial charge on any atom is 0.223 e. The Morgan fingerprint density at radius 1 is 1.50 bits per heavy atom. The first kappa shape index (κ1) is 14.9. The molecule has 0 aliphatic heterocycles. The molecule has 1 saturated carbocycles. The minimum atomic E-state index is -0.456. The number of pyridine rings is 1. The van der Waals surface area contributed by atoms with Crippen molar-refractivity contribution in [2.24, 2.45) is 5.92 Å². The highest BCUT2D eigenvalue weighted by atomic mass is 16.5. The van der Waals surface area contributed by atoms with Crippen LogP contribution in [0.5, 0.6) is 0 Å². The van der Waals surface area contributed by atoms with Gasteiger partial charge in [-0.25, -0.2) is 0 Å². The van der Waals surface area contributed by atoms with Gasteiger partial charge in [0, 0.05) is 18.7 Å². The zero-order valence-electron chi connectivity index (χ0n) is 12.0. The van der Waals surface area contributed by atoms with E-state index >= 15 is 0 Å². The quantitative estimate of drug-likeness (QED) is 0.867. The summed E-state index contributed by atoms with van der Waals surface area (Å²) in [5.41, 5.74) is 1.80. The molecular formula is C15H22N2O3. The summed E-state index contributed by atoms with van der Waals surface area (Å²) in [4.78, 5) is 16.5. The van der Waals surface area contributed by atoms with Crippen LogP contribution < -0.4 is 5.32 Å². The first-order chi connectivity index (χ1) is 9.60. The number of nitrogens with one attached hydrogen (secondary N) is 1. The standard InChI is InChI=1S/C15H22N2O3/c1-10-4-3-5-12(17-10)9-16-15(19)11-6-7-13(18)14(8-11)20-2/h3-5,11,13-14,18H,6-9H2,1-2H3,(H,16,19)/t11-,13+,14-/m1/s1. The number of aliphatic hydroxyl groups is 1. The van der Waals surface area contributed by atoms with Gasteiger partial charge in [0.2, 0.25) is 5.91 Å². The summed E-state index contributed by atoms with van der Waals surface area (Å²) in [6.45, 7) is 2.37. The van der Waals surface area contributed by atoms with Gasteiger partial charge in [0.15, 0.2) is 0 Å². The number of carbonyl (C=O) groups excluding carboxylic acids is 1. The Balaban J connectivity index is 1.86. The van der Waals surface area contributed by atoms with E-state index in [1.807, 2.05) is 25.1 Å². The summed E-state index contributed by atoms with van der Waals surface area (Å²) in [7, 11) is 1.57. The van der Waals surface area contributed by atoms with E-state index in [9.17, 15) is 9.90 Å². The number of hydrogen-bond donors (Lipinski definition) is 2. The van der Waals surface area contributed by atoms with E-state index in [4.69, 9.17) is 4.74 Å². The maximum absolute atomic E-state index is 12.1. The van der Waals surface area contributed by atoms with Gasteiger partial charge in [-0.15, -0.1) is 0 Å². The Kier molecular flexibility index (Phi) is 5.09. The lowest BCUT2D eigenvalue weighted by molar-refractivity contribution is -0.130. The molecule has 5 nitrogen and oxygen atoms in total. The molecule has 0 spiro atoms. The van der Waals surface area contributed by atoms with Crippen molar-refractivity contribution in [2.75, 3.05) is 7.11 Å². The van der Waals surface area contributed by atoms with E-state index in [1.54, 1.807) is 7.11 Å². The zero-order valence-corrected chi connectivity index (χ0v) is 12.0. The van der Waals surface area contributed by atoms with Crippen LogP contribution in [0.1, 0.15) is 30.7 Å². The fourth-order valence-corrected chi connectivity index (χ4v) is 2.62. The van der Waals surface area contributed by atoms with Crippen molar-refractivity contribution in [2.45, 2.75) is 44.9 Å². The lowest BCUT2D eigenvalue weighted by atomic mass is 9.84. The van der Waals surface area contributed by atoms with Gasteiger partial charge in [0.05, 0.1) is 24.4 Å². The minimum absolute atomic E-state index is 0.0160. The molecule has 0 radical (unpaired) electrons. The normalized spacial score (nSPS) is 26.2. The number of methoxy groups -OCH3 is 1. The van der Waals surface area contributed by atoms with E-state index in [1.165, 1.54) is 0 Å². The van der Waals surface area contributed by atoms with Crippen molar-refractivity contribution in [3.63, 3.8) is 0 Å². The zero-order chi connectivity index (χ0) is 14.5. The van der Waals surface area contributed by atoms with Crippen molar-refractivity contribution in [3.05, 3.63) is 29.6 Å². The topological polar surface area (TPSA) is 71.5 Å². The maximum atomic E-state index is 12.1. The molecule has 0 saturated heterocycles. The van der Waals surface area contributed by atoms with Crippen LogP contribution in [-0.4, -0.2) is 35.3 Å². The third kappa shape index (κ3) is 3.77. The molecule has 1 fully saturated rings. The number of ether oxygens (including phenoxy) is 1. The summed E-state index contributed by atoms with van der Waals surface area (Å²) in [5.74, 6) is -0.0737. The second-order valence-corrected chi connectivity index (χ2v) is 5.34. The Morgan fingerprint density at radius 2 is 2.30 bits per heavy atom. The fraction of sp³-hybridized carbons (Fsp3) is 0.600. The van der Waals surface area contributed by atoms with E-state index in [0.717, 1.165) is 11.4 Å². The van der Waals surface area contributed by atoms with Gasteiger partial charge < -0.3 is 15.2 Å². The minimum Gasteiger partial charge on any atom is -0.390 e. The number of aliphatic hydroxyl groups excluding tert-OH is 1. The molecule has 1 amide bonds. The predicted molar refractivity (Wildman–Crippen MR) is 75.0 cm³/mol. The van der Waals surface area contributed by atoms with Crippen molar-refractivity contribution >= 4 is 5.91 Å². The summed E-state index contributed by atoms with van der Waals surface area (Å²) in [5, 5.41) is 12.7. The summed E-state index contributed by atoms with van der Waals surface area (Å²) in [6.07, 6.45) is 1.19. The lowest BCUT2D eigenvalue weighted by Crippen LogP contribution is -2.41. The highest BCUT2D eigenvalue weighted by Crippen LogP contribution is 2.26. The number of nitrogens with zero attached hydrogens (tertiary/aromatic N) is 1. The van der Waals surface area contributed by atoms with E-state index in [-0.39, 0.29) is 17.9 Å². The molecule has 20 heavy (non-hydrogen) atoms. The third-order valence-electron chi connectivity index (χ3n) is 3.82.